The summed E-state index contributed by atoms with van der Waals surface area (Å²) in [6.45, 7) is 0. The number of hydrogen-bond acceptors (Lipinski definition) is 3. The molecule has 3 nitrogen and oxygen atoms in total. The van der Waals surface area contributed by atoms with Crippen LogP contribution in [-0.4, -0.2) is 22.3 Å². The van der Waals surface area contributed by atoms with Crippen LogP contribution < -0.4 is 0 Å². The molecule has 0 aliphatic heterocycles. The molecule has 0 fully saturated rings. The molecule has 0 unspecified atom stereocenters. The predicted molar refractivity (Wildman–Crippen MR) is 71.8 cm³/mol. The van der Waals surface area contributed by atoms with Gasteiger partial charge >= 0.3 is 0 Å². The Hall–Kier alpha value is 0.380. The Bertz CT molecular complexity index is 487. The molecule has 0 saturated heterocycles. The molecule has 0 saturated carbocycles. The van der Waals surface area contributed by atoms with E-state index in [0.29, 0.717) is 10.6 Å². The number of benzene rings is 1. The lowest BCUT2D eigenvalue weighted by Gasteiger charge is -2.25. The Morgan fingerprint density at radius 1 is 1.44 bits per heavy atom. The molecule has 0 amide bonds. The second-order valence-corrected chi connectivity index (χ2v) is 10.5. The third kappa shape index (κ3) is 2.98. The Labute approximate surface area is 116 Å². The van der Waals surface area contributed by atoms with Crippen molar-refractivity contribution >= 4 is 53.3 Å². The van der Waals surface area contributed by atoms with Crippen molar-refractivity contribution in [1.29, 1.82) is 0 Å². The molecule has 1 atom stereocenters. The lowest BCUT2D eigenvalue weighted by Crippen LogP contribution is -2.31. The van der Waals surface area contributed by atoms with Gasteiger partial charge in [0.1, 0.15) is 6.10 Å². The van der Waals surface area contributed by atoms with Gasteiger partial charge in [-0.15, -0.1) is 0 Å². The molecular weight excluding hydrogens is 383 g/mol. The van der Waals surface area contributed by atoms with E-state index in [4.69, 9.17) is 11.6 Å². The van der Waals surface area contributed by atoms with Gasteiger partial charge in [0.15, 0.2) is 9.84 Å². The normalized spacial score (nSPS) is 14.8. The van der Waals surface area contributed by atoms with Crippen molar-refractivity contribution in [3.63, 3.8) is 0 Å². The van der Waals surface area contributed by atoms with Crippen LogP contribution in [0.15, 0.2) is 24.3 Å². The quantitative estimate of drug-likeness (QED) is 0.805. The van der Waals surface area contributed by atoms with Crippen molar-refractivity contribution in [2.75, 3.05) is 6.26 Å². The number of alkyl halides is 2. The van der Waals surface area contributed by atoms with E-state index in [0.717, 1.165) is 6.26 Å². The van der Waals surface area contributed by atoms with Crippen LogP contribution >= 0.6 is 43.5 Å². The number of aliphatic hydroxyl groups is 1. The smallest absolute Gasteiger partial charge is 0.210 e. The third-order valence-corrected chi connectivity index (χ3v) is 7.82. The summed E-state index contributed by atoms with van der Waals surface area (Å²) in [6.07, 6.45) is -0.245. The highest BCUT2D eigenvalue weighted by Gasteiger charge is 2.43. The van der Waals surface area contributed by atoms with Gasteiger partial charge in [0.2, 0.25) is 2.57 Å². The van der Waals surface area contributed by atoms with Gasteiger partial charge in [0.25, 0.3) is 0 Å². The van der Waals surface area contributed by atoms with E-state index in [2.05, 4.69) is 31.9 Å². The van der Waals surface area contributed by atoms with Gasteiger partial charge < -0.3 is 5.11 Å². The zero-order chi connectivity index (χ0) is 12.6. The number of aliphatic hydroxyl groups excluding tert-OH is 1. The first-order valence-corrected chi connectivity index (χ1v) is 8.02. The first-order valence-electron chi connectivity index (χ1n) is 4.17. The minimum atomic E-state index is -3.52. The molecule has 1 aromatic carbocycles. The Morgan fingerprint density at radius 2 is 2.00 bits per heavy atom. The summed E-state index contributed by atoms with van der Waals surface area (Å²) >= 11 is 11.7. The molecule has 7 heteroatoms. The monoisotopic (exact) mass is 390 g/mol. The molecule has 0 heterocycles. The van der Waals surface area contributed by atoms with E-state index < -0.39 is 18.5 Å². The van der Waals surface area contributed by atoms with Crippen molar-refractivity contribution in [2.45, 2.75) is 8.67 Å². The van der Waals surface area contributed by atoms with Crippen molar-refractivity contribution in [3.05, 3.63) is 34.9 Å². The average Bonchev–Trinajstić information content (AvgIpc) is 2.14. The molecule has 0 spiro atoms. The molecule has 16 heavy (non-hydrogen) atoms. The van der Waals surface area contributed by atoms with Gasteiger partial charge in [-0.1, -0.05) is 55.6 Å². The molecule has 0 radical (unpaired) electrons. The van der Waals surface area contributed by atoms with Crippen LogP contribution in [0.1, 0.15) is 11.7 Å². The van der Waals surface area contributed by atoms with Gasteiger partial charge in [-0.3, -0.25) is 0 Å². The highest BCUT2D eigenvalue weighted by molar-refractivity contribution is 9.27. The fourth-order valence-electron chi connectivity index (χ4n) is 1.07. The maximum atomic E-state index is 11.5. The predicted octanol–water partition coefficient (Wildman–Crippen LogP) is 2.86. The largest absolute Gasteiger partial charge is 0.385 e. The van der Waals surface area contributed by atoms with Crippen LogP contribution in [0.3, 0.4) is 0 Å². The van der Waals surface area contributed by atoms with E-state index in [1.54, 1.807) is 18.2 Å². The van der Waals surface area contributed by atoms with Crippen LogP contribution in [0.2, 0.25) is 5.02 Å². The Balaban J connectivity index is 3.17. The maximum Gasteiger partial charge on any atom is 0.210 e. The summed E-state index contributed by atoms with van der Waals surface area (Å²) in [5.41, 5.74) is 0.409. The first kappa shape index (κ1) is 14.4. The second kappa shape index (κ2) is 4.94. The fourth-order valence-corrected chi connectivity index (χ4v) is 2.34. The molecule has 1 rings (SSSR count). The Morgan fingerprint density at radius 3 is 2.44 bits per heavy atom. The molecule has 0 aromatic heterocycles. The van der Waals surface area contributed by atoms with E-state index in [1.807, 2.05) is 0 Å². The summed E-state index contributed by atoms with van der Waals surface area (Å²) in [5, 5.41) is 10.4. The van der Waals surface area contributed by atoms with Crippen LogP contribution in [0.4, 0.5) is 0 Å². The maximum absolute atomic E-state index is 11.5. The third-order valence-electron chi connectivity index (χ3n) is 1.98. The number of rotatable bonds is 3. The lowest BCUT2D eigenvalue weighted by atomic mass is 10.1. The van der Waals surface area contributed by atoms with E-state index >= 15 is 0 Å². The molecule has 0 aliphatic rings. The molecule has 1 aromatic rings. The fraction of sp³-hybridized carbons (Fsp3) is 0.333. The van der Waals surface area contributed by atoms with Crippen LogP contribution in [0.25, 0.3) is 0 Å². The minimum Gasteiger partial charge on any atom is -0.385 e. The number of halogens is 3. The Kier molecular flexibility index (Phi) is 4.46. The van der Waals surface area contributed by atoms with E-state index in [1.165, 1.54) is 6.07 Å². The lowest BCUT2D eigenvalue weighted by molar-refractivity contribution is 0.189. The molecule has 90 valence electrons. The highest BCUT2D eigenvalue weighted by atomic mass is 79.9. The molecule has 0 bridgehead atoms. The molecule has 0 aliphatic carbocycles. The minimum absolute atomic E-state index is 0.409. The van der Waals surface area contributed by atoms with Gasteiger partial charge in [-0.25, -0.2) is 8.42 Å². The highest BCUT2D eigenvalue weighted by Crippen LogP contribution is 2.44. The van der Waals surface area contributed by atoms with Crippen molar-refractivity contribution in [2.24, 2.45) is 0 Å². The van der Waals surface area contributed by atoms with Gasteiger partial charge in [-0.05, 0) is 17.7 Å². The van der Waals surface area contributed by atoms with Gasteiger partial charge in [0.05, 0.1) is 0 Å². The van der Waals surface area contributed by atoms with Crippen molar-refractivity contribution in [3.8, 4) is 0 Å². The number of hydrogen-bond donors (Lipinski definition) is 1. The van der Waals surface area contributed by atoms with Gasteiger partial charge in [-0.2, -0.15) is 0 Å². The summed E-state index contributed by atoms with van der Waals surface area (Å²) in [4.78, 5) is 0. The summed E-state index contributed by atoms with van der Waals surface area (Å²) < 4.78 is 21.3. The topological polar surface area (TPSA) is 54.4 Å². The van der Waals surface area contributed by atoms with Crippen molar-refractivity contribution in [1.82, 2.24) is 0 Å². The summed E-state index contributed by atoms with van der Waals surface area (Å²) in [7, 11) is -3.52. The summed E-state index contributed by atoms with van der Waals surface area (Å²) in [6, 6.07) is 6.38. The zero-order valence-electron chi connectivity index (χ0n) is 8.19. The SMILES string of the molecule is CS(=O)(=O)C(Br)(Br)[C@@H](O)c1cccc(Cl)c1. The first-order chi connectivity index (χ1) is 7.16. The molecular formula is C9H9Br2ClO3S. The van der Waals surface area contributed by atoms with Crippen molar-refractivity contribution < 1.29 is 13.5 Å². The van der Waals surface area contributed by atoms with E-state index in [9.17, 15) is 13.5 Å². The zero-order valence-corrected chi connectivity index (χ0v) is 12.9. The summed E-state index contributed by atoms with van der Waals surface area (Å²) in [5.74, 6) is 0. The standard InChI is InChI=1S/C9H9Br2ClO3S/c1-16(14,15)9(10,11)8(13)6-3-2-4-7(12)5-6/h2-5,8,13H,1H3/t8-/m0/s1. The number of sulfone groups is 1. The van der Waals surface area contributed by atoms with Crippen LogP contribution in [0.5, 0.6) is 0 Å². The average molecular weight is 392 g/mol. The second-order valence-electron chi connectivity index (χ2n) is 3.29. The van der Waals surface area contributed by atoms with Crippen LogP contribution in [-0.2, 0) is 9.84 Å². The van der Waals surface area contributed by atoms with Gasteiger partial charge in [0, 0.05) is 11.3 Å². The van der Waals surface area contributed by atoms with Crippen LogP contribution in [0, 0.1) is 0 Å². The molecule has 1 N–H and O–H groups in total. The van der Waals surface area contributed by atoms with E-state index in [-0.39, 0.29) is 0 Å².